The second-order valence-corrected chi connectivity index (χ2v) is 11.0. The maximum atomic E-state index is 12.6. The molecule has 0 spiro atoms. The first-order chi connectivity index (χ1) is 18.9. The largest absolute Gasteiger partial charge is 0.466 e. The lowest BCUT2D eigenvalue weighted by Gasteiger charge is -2.39. The number of anilines is 1. The second kappa shape index (κ2) is 12.9. The van der Waals surface area contributed by atoms with Crippen molar-refractivity contribution in [2.24, 2.45) is 5.41 Å². The Morgan fingerprint density at radius 1 is 1.05 bits per heavy atom. The Balaban J connectivity index is 1.58. The van der Waals surface area contributed by atoms with Crippen LogP contribution in [0.3, 0.4) is 0 Å². The van der Waals surface area contributed by atoms with E-state index in [9.17, 15) is 9.59 Å². The highest BCUT2D eigenvalue weighted by Crippen LogP contribution is 2.38. The number of ether oxygens (including phenoxy) is 3. The zero-order valence-corrected chi connectivity index (χ0v) is 24.3. The number of hydrogen-bond donors (Lipinski definition) is 0. The van der Waals surface area contributed by atoms with Gasteiger partial charge in [0.05, 0.1) is 28.7 Å². The monoisotopic (exact) mass is 554 g/mol. The molecule has 1 saturated heterocycles. The molecule has 210 valence electrons. The number of esters is 1. The van der Waals surface area contributed by atoms with Crippen LogP contribution >= 0.6 is 11.3 Å². The van der Waals surface area contributed by atoms with Gasteiger partial charge in [0, 0.05) is 57.3 Å². The van der Waals surface area contributed by atoms with E-state index in [1.54, 1.807) is 14.2 Å². The SMILES string of the molecule is CCCC(=O)Cc1nc2cc(-c3cnc(N4CCC(CC)(C(=O)OCC)CC4)nc3)cc(C(OC)OC)c2s1. The number of ketones is 1. The average Bonchev–Trinajstić information content (AvgIpc) is 3.36. The zero-order chi connectivity index (χ0) is 28.0. The molecule has 9 nitrogen and oxygen atoms in total. The van der Waals surface area contributed by atoms with Crippen molar-refractivity contribution in [2.75, 3.05) is 38.8 Å². The average molecular weight is 555 g/mol. The Kier molecular flexibility index (Phi) is 9.63. The maximum Gasteiger partial charge on any atom is 0.312 e. The lowest BCUT2D eigenvalue weighted by Crippen LogP contribution is -2.45. The molecule has 1 fully saturated rings. The fourth-order valence-electron chi connectivity index (χ4n) is 5.16. The van der Waals surface area contributed by atoms with Gasteiger partial charge in [-0.25, -0.2) is 15.0 Å². The molecule has 0 unspecified atom stereocenters. The number of aromatic nitrogens is 3. The molecular weight excluding hydrogens is 516 g/mol. The molecule has 3 aromatic rings. The van der Waals surface area contributed by atoms with Crippen molar-refractivity contribution in [1.29, 1.82) is 0 Å². The minimum Gasteiger partial charge on any atom is -0.466 e. The third-order valence-electron chi connectivity index (χ3n) is 7.48. The summed E-state index contributed by atoms with van der Waals surface area (Å²) in [6.45, 7) is 7.70. The minimum absolute atomic E-state index is 0.0973. The van der Waals surface area contributed by atoms with E-state index in [0.29, 0.717) is 38.5 Å². The Morgan fingerprint density at radius 3 is 2.33 bits per heavy atom. The van der Waals surface area contributed by atoms with Crippen molar-refractivity contribution in [3.8, 4) is 11.1 Å². The highest BCUT2D eigenvalue weighted by Gasteiger charge is 2.41. The number of thiazole rings is 1. The lowest BCUT2D eigenvalue weighted by atomic mass is 9.76. The summed E-state index contributed by atoms with van der Waals surface area (Å²) in [7, 11) is 3.20. The molecular formula is C29H38N4O5S. The molecule has 0 atom stereocenters. The first-order valence-corrected chi connectivity index (χ1v) is 14.4. The van der Waals surface area contributed by atoms with Gasteiger partial charge in [-0.15, -0.1) is 11.3 Å². The Bertz CT molecular complexity index is 1280. The summed E-state index contributed by atoms with van der Waals surface area (Å²) >= 11 is 1.51. The van der Waals surface area contributed by atoms with Gasteiger partial charge in [0.2, 0.25) is 5.95 Å². The van der Waals surface area contributed by atoms with Gasteiger partial charge in [0.25, 0.3) is 0 Å². The molecule has 0 aliphatic carbocycles. The molecule has 1 aliphatic rings. The van der Waals surface area contributed by atoms with Gasteiger partial charge in [0.1, 0.15) is 10.8 Å². The predicted molar refractivity (Wildman–Crippen MR) is 152 cm³/mol. The van der Waals surface area contributed by atoms with E-state index >= 15 is 0 Å². The molecule has 3 heterocycles. The predicted octanol–water partition coefficient (Wildman–Crippen LogP) is 5.52. The van der Waals surface area contributed by atoms with E-state index < -0.39 is 11.7 Å². The van der Waals surface area contributed by atoms with Crippen LogP contribution in [0.15, 0.2) is 24.5 Å². The van der Waals surface area contributed by atoms with Crippen LogP contribution in [0.5, 0.6) is 0 Å². The van der Waals surface area contributed by atoms with Gasteiger partial charge in [-0.2, -0.15) is 0 Å². The number of hydrogen-bond acceptors (Lipinski definition) is 10. The Morgan fingerprint density at radius 2 is 1.74 bits per heavy atom. The number of carbonyl (C=O) groups excluding carboxylic acids is 2. The van der Waals surface area contributed by atoms with Crippen LogP contribution in [0, 0.1) is 5.41 Å². The fraction of sp³-hybridized carbons (Fsp3) is 0.552. The fourth-order valence-corrected chi connectivity index (χ4v) is 6.26. The van der Waals surface area contributed by atoms with Crippen LogP contribution < -0.4 is 4.90 Å². The Hall–Kier alpha value is -2.95. The van der Waals surface area contributed by atoms with Gasteiger partial charge >= 0.3 is 5.97 Å². The number of Topliss-reactive ketones (excluding diaryl/α,β-unsaturated/α-hetero) is 1. The van der Waals surface area contributed by atoms with Crippen LogP contribution in [-0.4, -0.2) is 60.6 Å². The van der Waals surface area contributed by atoms with Crippen molar-refractivity contribution in [3.05, 3.63) is 35.1 Å². The summed E-state index contributed by atoms with van der Waals surface area (Å²) in [5.74, 6) is 0.735. The number of carbonyl (C=O) groups is 2. The lowest BCUT2D eigenvalue weighted by molar-refractivity contribution is -0.157. The molecule has 0 saturated carbocycles. The van der Waals surface area contributed by atoms with Crippen LogP contribution in [0.4, 0.5) is 5.95 Å². The number of benzene rings is 1. The molecule has 0 amide bonds. The van der Waals surface area contributed by atoms with Crippen molar-refractivity contribution >= 4 is 39.3 Å². The minimum atomic E-state index is -0.570. The van der Waals surface area contributed by atoms with Gasteiger partial charge in [0.15, 0.2) is 6.29 Å². The highest BCUT2D eigenvalue weighted by atomic mass is 32.1. The number of nitrogens with zero attached hydrogens (tertiary/aromatic N) is 4. The summed E-state index contributed by atoms with van der Waals surface area (Å²) in [4.78, 5) is 41.1. The highest BCUT2D eigenvalue weighted by molar-refractivity contribution is 7.18. The van der Waals surface area contributed by atoms with Crippen molar-refractivity contribution in [2.45, 2.75) is 65.6 Å². The molecule has 0 N–H and O–H groups in total. The van der Waals surface area contributed by atoms with E-state index in [1.807, 2.05) is 38.4 Å². The second-order valence-electron chi connectivity index (χ2n) is 9.90. The normalized spacial score (nSPS) is 15.2. The number of piperidine rings is 1. The molecule has 0 bridgehead atoms. The molecule has 10 heteroatoms. The van der Waals surface area contributed by atoms with Crippen molar-refractivity contribution in [3.63, 3.8) is 0 Å². The van der Waals surface area contributed by atoms with E-state index in [0.717, 1.165) is 57.6 Å². The first kappa shape index (κ1) is 29.0. The first-order valence-electron chi connectivity index (χ1n) is 13.6. The van der Waals surface area contributed by atoms with Crippen LogP contribution in [0.2, 0.25) is 0 Å². The van der Waals surface area contributed by atoms with Gasteiger partial charge in [-0.3, -0.25) is 9.59 Å². The van der Waals surface area contributed by atoms with E-state index in [4.69, 9.17) is 19.2 Å². The van der Waals surface area contributed by atoms with E-state index in [2.05, 4.69) is 21.8 Å². The summed E-state index contributed by atoms with van der Waals surface area (Å²) in [6.07, 6.45) is 6.96. The molecule has 4 rings (SSSR count). The number of fused-ring (bicyclic) bond motifs is 1. The zero-order valence-electron chi connectivity index (χ0n) is 23.5. The van der Waals surface area contributed by atoms with Crippen LogP contribution in [0.1, 0.15) is 69.7 Å². The van der Waals surface area contributed by atoms with E-state index in [-0.39, 0.29) is 11.8 Å². The third-order valence-corrected chi connectivity index (χ3v) is 8.60. The summed E-state index contributed by atoms with van der Waals surface area (Å²) in [5, 5.41) is 0.787. The summed E-state index contributed by atoms with van der Waals surface area (Å²) in [5.41, 5.74) is 2.96. The molecule has 0 radical (unpaired) electrons. The van der Waals surface area contributed by atoms with Crippen molar-refractivity contribution < 1.29 is 23.8 Å². The molecule has 1 aromatic carbocycles. The molecule has 1 aliphatic heterocycles. The quantitative estimate of drug-likeness (QED) is 0.211. The van der Waals surface area contributed by atoms with Crippen LogP contribution in [-0.2, 0) is 30.2 Å². The summed E-state index contributed by atoms with van der Waals surface area (Å²) in [6, 6.07) is 4.02. The van der Waals surface area contributed by atoms with Gasteiger partial charge in [-0.05, 0) is 50.3 Å². The third kappa shape index (κ3) is 6.28. The van der Waals surface area contributed by atoms with Crippen LogP contribution in [0.25, 0.3) is 21.3 Å². The number of rotatable bonds is 12. The smallest absolute Gasteiger partial charge is 0.312 e. The van der Waals surface area contributed by atoms with Gasteiger partial charge in [-0.1, -0.05) is 13.8 Å². The molecule has 39 heavy (non-hydrogen) atoms. The topological polar surface area (TPSA) is 104 Å². The number of methoxy groups -OCH3 is 2. The molecule has 2 aromatic heterocycles. The summed E-state index contributed by atoms with van der Waals surface area (Å²) < 4.78 is 17.5. The standard InChI is InChI=1S/C29H38N4O5S/c1-6-9-21(34)16-24-32-23-15-19(14-22(25(23)39-24)26(36-4)37-5)20-17-30-28(31-18-20)33-12-10-29(7-2,11-13-33)27(35)38-8-3/h14-15,17-18,26H,6-13,16H2,1-5H3. The maximum absolute atomic E-state index is 12.6. The van der Waals surface area contributed by atoms with E-state index in [1.165, 1.54) is 11.3 Å². The van der Waals surface area contributed by atoms with Gasteiger partial charge < -0.3 is 19.1 Å². The Labute approximate surface area is 233 Å². The van der Waals surface area contributed by atoms with Crippen molar-refractivity contribution in [1.82, 2.24) is 15.0 Å².